The Balaban J connectivity index is 1.69. The first-order valence-electron chi connectivity index (χ1n) is 7.10. The lowest BCUT2D eigenvalue weighted by Gasteiger charge is -2.30. The number of nitrogens with one attached hydrogen (secondary N) is 1. The van der Waals surface area contributed by atoms with Crippen LogP contribution < -0.4 is 5.32 Å². The molecule has 1 N–H and O–H groups in total. The van der Waals surface area contributed by atoms with Gasteiger partial charge in [0.1, 0.15) is 10.8 Å². The number of rotatable bonds is 2. The lowest BCUT2D eigenvalue weighted by molar-refractivity contribution is -0.137. The summed E-state index contributed by atoms with van der Waals surface area (Å²) in [6, 6.07) is 1.86. The highest BCUT2D eigenvalue weighted by Crippen LogP contribution is 2.33. The van der Waals surface area contributed by atoms with Crippen molar-refractivity contribution in [2.75, 3.05) is 19.6 Å². The van der Waals surface area contributed by atoms with Crippen LogP contribution in [0.2, 0.25) is 5.15 Å². The molecule has 3 heterocycles. The van der Waals surface area contributed by atoms with Crippen molar-refractivity contribution >= 4 is 17.5 Å². The Hall–Kier alpha value is -1.34. The standard InChI is InChI=1S/C14H15ClF3N3O/c15-12-10(14(16,17)18)1-2-11(20-12)13(22)19-9-5-8-3-4-21(6-8)7-9/h1-2,8-9H,3-7H2,(H,19,22). The topological polar surface area (TPSA) is 45.2 Å². The average Bonchev–Trinajstić information content (AvgIpc) is 2.76. The Morgan fingerprint density at radius 2 is 2.14 bits per heavy atom. The first-order chi connectivity index (χ1) is 10.3. The van der Waals surface area contributed by atoms with E-state index in [-0.39, 0.29) is 11.7 Å². The molecule has 3 atom stereocenters. The fourth-order valence-corrected chi connectivity index (χ4v) is 3.46. The van der Waals surface area contributed by atoms with E-state index in [4.69, 9.17) is 11.6 Å². The number of piperidine rings is 1. The van der Waals surface area contributed by atoms with E-state index in [1.807, 2.05) is 0 Å². The molecule has 22 heavy (non-hydrogen) atoms. The number of aromatic nitrogens is 1. The van der Waals surface area contributed by atoms with Gasteiger partial charge in [0, 0.05) is 19.1 Å². The van der Waals surface area contributed by atoms with Crippen molar-refractivity contribution in [1.82, 2.24) is 15.2 Å². The van der Waals surface area contributed by atoms with E-state index in [2.05, 4.69) is 15.2 Å². The van der Waals surface area contributed by atoms with Crippen LogP contribution in [-0.2, 0) is 6.18 Å². The van der Waals surface area contributed by atoms with Crippen molar-refractivity contribution in [2.45, 2.75) is 25.1 Å². The van der Waals surface area contributed by atoms with Crippen molar-refractivity contribution in [3.63, 3.8) is 0 Å². The van der Waals surface area contributed by atoms with E-state index < -0.39 is 22.8 Å². The monoisotopic (exact) mass is 333 g/mol. The Labute approximate surface area is 130 Å². The van der Waals surface area contributed by atoms with E-state index >= 15 is 0 Å². The molecule has 3 rings (SSSR count). The maximum atomic E-state index is 12.6. The van der Waals surface area contributed by atoms with Crippen LogP contribution in [0.4, 0.5) is 13.2 Å². The first kappa shape index (κ1) is 15.6. The highest BCUT2D eigenvalue weighted by atomic mass is 35.5. The van der Waals surface area contributed by atoms with Crippen molar-refractivity contribution in [3.05, 3.63) is 28.5 Å². The van der Waals surface area contributed by atoms with Gasteiger partial charge in [-0.15, -0.1) is 0 Å². The zero-order valence-corrected chi connectivity index (χ0v) is 12.4. The summed E-state index contributed by atoms with van der Waals surface area (Å²) in [7, 11) is 0. The van der Waals surface area contributed by atoms with Gasteiger partial charge in [-0.05, 0) is 37.4 Å². The molecule has 0 saturated carbocycles. The van der Waals surface area contributed by atoms with Crippen LogP contribution in [0.15, 0.2) is 12.1 Å². The third-order valence-electron chi connectivity index (χ3n) is 4.19. The number of alkyl halides is 3. The Morgan fingerprint density at radius 1 is 1.36 bits per heavy atom. The fraction of sp³-hybridized carbons (Fsp3) is 0.571. The molecular formula is C14H15ClF3N3O. The molecular weight excluding hydrogens is 319 g/mol. The minimum Gasteiger partial charge on any atom is -0.347 e. The maximum Gasteiger partial charge on any atom is 0.419 e. The summed E-state index contributed by atoms with van der Waals surface area (Å²) < 4.78 is 37.9. The molecule has 1 amide bonds. The Kier molecular flexibility index (Phi) is 4.03. The molecule has 2 aliphatic rings. The molecule has 8 heteroatoms. The van der Waals surface area contributed by atoms with Crippen molar-refractivity contribution in [3.8, 4) is 0 Å². The average molecular weight is 334 g/mol. The molecule has 2 bridgehead atoms. The summed E-state index contributed by atoms with van der Waals surface area (Å²) in [6.07, 6.45) is -2.54. The number of halogens is 4. The second kappa shape index (κ2) is 5.70. The van der Waals surface area contributed by atoms with Gasteiger partial charge < -0.3 is 10.2 Å². The number of nitrogens with zero attached hydrogens (tertiary/aromatic N) is 2. The molecule has 1 aromatic heterocycles. The SMILES string of the molecule is O=C(NC1CC2CCN(C2)C1)c1ccc(C(F)(F)F)c(Cl)n1. The van der Waals surface area contributed by atoms with Crippen molar-refractivity contribution in [1.29, 1.82) is 0 Å². The highest BCUT2D eigenvalue weighted by molar-refractivity contribution is 6.30. The van der Waals surface area contributed by atoms with Gasteiger partial charge in [0.15, 0.2) is 0 Å². The third-order valence-corrected chi connectivity index (χ3v) is 4.48. The Morgan fingerprint density at radius 3 is 2.77 bits per heavy atom. The number of hydrogen-bond donors (Lipinski definition) is 1. The lowest BCUT2D eigenvalue weighted by Crippen LogP contribution is -2.47. The van der Waals surface area contributed by atoms with E-state index in [1.54, 1.807) is 0 Å². The van der Waals surface area contributed by atoms with Crippen LogP contribution >= 0.6 is 11.6 Å². The van der Waals surface area contributed by atoms with Crippen LogP contribution in [0.1, 0.15) is 28.9 Å². The number of amides is 1. The molecule has 2 fully saturated rings. The second-order valence-corrected chi connectivity index (χ2v) is 6.21. The van der Waals surface area contributed by atoms with Gasteiger partial charge in [0.25, 0.3) is 5.91 Å². The quantitative estimate of drug-likeness (QED) is 0.846. The van der Waals surface area contributed by atoms with Crippen LogP contribution in [-0.4, -0.2) is 41.5 Å². The highest BCUT2D eigenvalue weighted by Gasteiger charge is 2.35. The summed E-state index contributed by atoms with van der Waals surface area (Å²) in [5.41, 5.74) is -1.13. The van der Waals surface area contributed by atoms with Gasteiger partial charge in [-0.2, -0.15) is 13.2 Å². The van der Waals surface area contributed by atoms with E-state index in [0.717, 1.165) is 44.6 Å². The molecule has 0 radical (unpaired) electrons. The second-order valence-electron chi connectivity index (χ2n) is 5.85. The van der Waals surface area contributed by atoms with Crippen molar-refractivity contribution < 1.29 is 18.0 Å². The first-order valence-corrected chi connectivity index (χ1v) is 7.47. The number of fused-ring (bicyclic) bond motifs is 2. The van der Waals surface area contributed by atoms with Crippen LogP contribution in [0.3, 0.4) is 0 Å². The van der Waals surface area contributed by atoms with E-state index in [1.165, 1.54) is 0 Å². The number of carbonyl (C=O) groups is 1. The third kappa shape index (κ3) is 3.20. The van der Waals surface area contributed by atoms with Gasteiger partial charge in [-0.1, -0.05) is 11.6 Å². The molecule has 120 valence electrons. The Bertz CT molecular complexity index is 581. The molecule has 0 aliphatic carbocycles. The summed E-state index contributed by atoms with van der Waals surface area (Å²) in [6.45, 7) is 2.88. The lowest BCUT2D eigenvalue weighted by atomic mass is 9.97. The molecule has 0 aromatic carbocycles. The predicted molar refractivity (Wildman–Crippen MR) is 74.7 cm³/mol. The normalized spacial score (nSPS) is 27.7. The number of hydrogen-bond acceptors (Lipinski definition) is 3. The smallest absolute Gasteiger partial charge is 0.347 e. The number of carbonyl (C=O) groups excluding carboxylic acids is 1. The molecule has 2 saturated heterocycles. The fourth-order valence-electron chi connectivity index (χ4n) is 3.20. The molecule has 0 spiro atoms. The summed E-state index contributed by atoms with van der Waals surface area (Å²) in [5, 5.41) is 2.14. The predicted octanol–water partition coefficient (Wildman–Crippen LogP) is 2.58. The number of pyridine rings is 1. The molecule has 4 nitrogen and oxygen atoms in total. The molecule has 1 aromatic rings. The van der Waals surface area contributed by atoms with Crippen molar-refractivity contribution in [2.24, 2.45) is 5.92 Å². The minimum atomic E-state index is -4.57. The van der Waals surface area contributed by atoms with Gasteiger partial charge in [0.2, 0.25) is 0 Å². The largest absolute Gasteiger partial charge is 0.419 e. The molecule has 2 aliphatic heterocycles. The van der Waals surface area contributed by atoms with Gasteiger partial charge >= 0.3 is 6.18 Å². The maximum absolute atomic E-state index is 12.6. The zero-order chi connectivity index (χ0) is 15.9. The summed E-state index contributed by atoms with van der Waals surface area (Å²) in [4.78, 5) is 18.0. The van der Waals surface area contributed by atoms with Gasteiger partial charge in [-0.25, -0.2) is 4.98 Å². The van der Waals surface area contributed by atoms with Gasteiger partial charge in [-0.3, -0.25) is 4.79 Å². The minimum absolute atomic E-state index is 0.0108. The van der Waals surface area contributed by atoms with Gasteiger partial charge in [0.05, 0.1) is 5.56 Å². The van der Waals surface area contributed by atoms with Crippen LogP contribution in [0.25, 0.3) is 0 Å². The zero-order valence-electron chi connectivity index (χ0n) is 11.7. The van der Waals surface area contributed by atoms with Crippen LogP contribution in [0.5, 0.6) is 0 Å². The van der Waals surface area contributed by atoms with E-state index in [9.17, 15) is 18.0 Å². The van der Waals surface area contributed by atoms with Crippen LogP contribution in [0, 0.1) is 5.92 Å². The summed E-state index contributed by atoms with van der Waals surface area (Å²) in [5.74, 6) is 0.103. The summed E-state index contributed by atoms with van der Waals surface area (Å²) >= 11 is 5.54. The van der Waals surface area contributed by atoms with E-state index in [0.29, 0.717) is 5.92 Å². The molecule has 3 unspecified atom stereocenters.